The predicted molar refractivity (Wildman–Crippen MR) is 82.7 cm³/mol. The van der Waals surface area contributed by atoms with Gasteiger partial charge >= 0.3 is 0 Å². The van der Waals surface area contributed by atoms with Crippen LogP contribution in [0.5, 0.6) is 0 Å². The highest BCUT2D eigenvalue weighted by molar-refractivity contribution is 5.79. The monoisotopic (exact) mass is 275 g/mol. The van der Waals surface area contributed by atoms with Crippen molar-refractivity contribution >= 4 is 5.96 Å². The molecule has 5 nitrogen and oxygen atoms in total. The van der Waals surface area contributed by atoms with Crippen molar-refractivity contribution in [3.8, 4) is 0 Å². The molecule has 0 amide bonds. The number of hydrogen-bond acceptors (Lipinski definition) is 3. The summed E-state index contributed by atoms with van der Waals surface area (Å²) in [5, 5.41) is 6.72. The van der Waals surface area contributed by atoms with Gasteiger partial charge in [-0.2, -0.15) is 0 Å². The van der Waals surface area contributed by atoms with Crippen molar-refractivity contribution in [2.45, 2.75) is 32.4 Å². The fourth-order valence-electron chi connectivity index (χ4n) is 2.65. The summed E-state index contributed by atoms with van der Waals surface area (Å²) in [5.41, 5.74) is 1.02. The van der Waals surface area contributed by atoms with Gasteiger partial charge in [-0.05, 0) is 38.1 Å². The van der Waals surface area contributed by atoms with Crippen LogP contribution in [0.2, 0.25) is 0 Å². The van der Waals surface area contributed by atoms with E-state index in [9.17, 15) is 0 Å². The third kappa shape index (κ3) is 4.20. The minimum atomic E-state index is 0.633. The van der Waals surface area contributed by atoms with Gasteiger partial charge < -0.3 is 10.6 Å². The molecule has 20 heavy (non-hydrogen) atoms. The molecule has 1 aromatic heterocycles. The molecule has 1 saturated heterocycles. The molecule has 0 radical (unpaired) electrons. The normalized spacial score (nSPS) is 20.1. The van der Waals surface area contributed by atoms with Crippen molar-refractivity contribution in [2.24, 2.45) is 4.99 Å². The summed E-state index contributed by atoms with van der Waals surface area (Å²) >= 11 is 0. The summed E-state index contributed by atoms with van der Waals surface area (Å²) in [6.45, 7) is 6.24. The molecule has 1 aliphatic heterocycles. The zero-order valence-corrected chi connectivity index (χ0v) is 12.5. The van der Waals surface area contributed by atoms with Gasteiger partial charge in [-0.1, -0.05) is 13.0 Å². The highest BCUT2D eigenvalue weighted by atomic mass is 15.2. The number of nitrogens with zero attached hydrogens (tertiary/aromatic N) is 3. The van der Waals surface area contributed by atoms with E-state index in [0.717, 1.165) is 24.7 Å². The fourth-order valence-corrected chi connectivity index (χ4v) is 2.65. The molecule has 0 bridgehead atoms. The summed E-state index contributed by atoms with van der Waals surface area (Å²) in [6, 6.07) is 6.57. The standard InChI is InChI=1S/C15H25N5/c1-3-20-10-6-8-14(20)12-19-15(16-2)18-11-13-7-4-5-9-17-13/h4-5,7,9,14H,3,6,8,10-12H2,1-2H3,(H2,16,18,19). The van der Waals surface area contributed by atoms with Gasteiger partial charge in [0.15, 0.2) is 5.96 Å². The molecule has 0 aliphatic carbocycles. The molecular formula is C15H25N5. The van der Waals surface area contributed by atoms with Crippen LogP contribution in [0.1, 0.15) is 25.5 Å². The van der Waals surface area contributed by atoms with Crippen molar-refractivity contribution in [3.63, 3.8) is 0 Å². The average molecular weight is 275 g/mol. The van der Waals surface area contributed by atoms with Gasteiger partial charge in [0.2, 0.25) is 0 Å². The number of likely N-dealkylation sites (N-methyl/N-ethyl adjacent to an activating group) is 1. The van der Waals surface area contributed by atoms with Crippen molar-refractivity contribution < 1.29 is 0 Å². The number of nitrogens with one attached hydrogen (secondary N) is 2. The highest BCUT2D eigenvalue weighted by Crippen LogP contribution is 2.15. The summed E-state index contributed by atoms with van der Waals surface area (Å²) < 4.78 is 0. The number of guanidine groups is 1. The van der Waals surface area contributed by atoms with Crippen LogP contribution in [-0.4, -0.2) is 48.6 Å². The second kappa shape index (κ2) is 7.85. The largest absolute Gasteiger partial charge is 0.355 e. The zero-order chi connectivity index (χ0) is 14.2. The molecule has 5 heteroatoms. The van der Waals surface area contributed by atoms with E-state index < -0.39 is 0 Å². The predicted octanol–water partition coefficient (Wildman–Crippen LogP) is 1.23. The Bertz CT molecular complexity index is 418. The zero-order valence-electron chi connectivity index (χ0n) is 12.5. The number of pyridine rings is 1. The molecule has 0 spiro atoms. The van der Waals surface area contributed by atoms with E-state index in [-0.39, 0.29) is 0 Å². The van der Waals surface area contributed by atoms with Gasteiger partial charge in [-0.3, -0.25) is 14.9 Å². The fraction of sp³-hybridized carbons (Fsp3) is 0.600. The summed E-state index contributed by atoms with van der Waals surface area (Å²) in [4.78, 5) is 11.1. The van der Waals surface area contributed by atoms with Crippen molar-refractivity contribution in [1.29, 1.82) is 0 Å². The van der Waals surface area contributed by atoms with Crippen LogP contribution in [-0.2, 0) is 6.54 Å². The third-order valence-corrected chi connectivity index (χ3v) is 3.80. The molecule has 1 aromatic rings. The van der Waals surface area contributed by atoms with E-state index in [1.54, 1.807) is 7.05 Å². The van der Waals surface area contributed by atoms with E-state index in [0.29, 0.717) is 12.6 Å². The van der Waals surface area contributed by atoms with Gasteiger partial charge in [0, 0.05) is 25.8 Å². The Hall–Kier alpha value is -1.62. The molecule has 0 saturated carbocycles. The summed E-state index contributed by atoms with van der Waals surface area (Å²) in [5.74, 6) is 0.846. The van der Waals surface area contributed by atoms with E-state index in [4.69, 9.17) is 0 Å². The molecular weight excluding hydrogens is 250 g/mol. The Balaban J connectivity index is 1.75. The average Bonchev–Trinajstić information content (AvgIpc) is 2.96. The Kier molecular flexibility index (Phi) is 5.80. The summed E-state index contributed by atoms with van der Waals surface area (Å²) in [6.07, 6.45) is 4.39. The maximum absolute atomic E-state index is 4.29. The van der Waals surface area contributed by atoms with E-state index in [1.165, 1.54) is 19.4 Å². The molecule has 0 aromatic carbocycles. The molecule has 1 aliphatic rings. The molecule has 1 unspecified atom stereocenters. The topological polar surface area (TPSA) is 52.5 Å². The highest BCUT2D eigenvalue weighted by Gasteiger charge is 2.22. The molecule has 1 fully saturated rings. The van der Waals surface area contributed by atoms with E-state index in [2.05, 4.69) is 32.4 Å². The van der Waals surface area contributed by atoms with Gasteiger partial charge in [0.05, 0.1) is 12.2 Å². The Morgan fingerprint density at radius 3 is 3.05 bits per heavy atom. The molecule has 2 rings (SSSR count). The lowest BCUT2D eigenvalue weighted by atomic mass is 10.2. The van der Waals surface area contributed by atoms with Gasteiger partial charge in [-0.25, -0.2) is 0 Å². The van der Waals surface area contributed by atoms with E-state index in [1.807, 2.05) is 24.4 Å². The first-order valence-corrected chi connectivity index (χ1v) is 7.42. The number of likely N-dealkylation sites (tertiary alicyclic amines) is 1. The number of hydrogen-bond donors (Lipinski definition) is 2. The lowest BCUT2D eigenvalue weighted by Crippen LogP contribution is -2.44. The number of aliphatic imine (C=N–C) groups is 1. The van der Waals surface area contributed by atoms with Crippen molar-refractivity contribution in [1.82, 2.24) is 20.5 Å². The quantitative estimate of drug-likeness (QED) is 0.627. The third-order valence-electron chi connectivity index (χ3n) is 3.80. The van der Waals surface area contributed by atoms with Crippen LogP contribution in [0.15, 0.2) is 29.4 Å². The minimum Gasteiger partial charge on any atom is -0.355 e. The molecule has 110 valence electrons. The second-order valence-electron chi connectivity index (χ2n) is 5.05. The SMILES string of the molecule is CCN1CCCC1CNC(=NC)NCc1ccccn1. The Labute approximate surface area is 121 Å². The van der Waals surface area contributed by atoms with Crippen LogP contribution in [0, 0.1) is 0 Å². The van der Waals surface area contributed by atoms with E-state index >= 15 is 0 Å². The Morgan fingerprint density at radius 2 is 2.35 bits per heavy atom. The number of rotatable bonds is 5. The van der Waals surface area contributed by atoms with Crippen LogP contribution < -0.4 is 10.6 Å². The molecule has 2 N–H and O–H groups in total. The van der Waals surface area contributed by atoms with Gasteiger partial charge in [0.25, 0.3) is 0 Å². The molecule has 1 atom stereocenters. The van der Waals surface area contributed by atoms with Gasteiger partial charge in [-0.15, -0.1) is 0 Å². The maximum Gasteiger partial charge on any atom is 0.191 e. The maximum atomic E-state index is 4.29. The van der Waals surface area contributed by atoms with Crippen molar-refractivity contribution in [2.75, 3.05) is 26.7 Å². The first kappa shape index (κ1) is 14.8. The summed E-state index contributed by atoms with van der Waals surface area (Å²) in [7, 11) is 1.81. The number of aromatic nitrogens is 1. The molecule has 2 heterocycles. The van der Waals surface area contributed by atoms with Crippen LogP contribution in [0.4, 0.5) is 0 Å². The van der Waals surface area contributed by atoms with Gasteiger partial charge in [0.1, 0.15) is 0 Å². The minimum absolute atomic E-state index is 0.633. The Morgan fingerprint density at radius 1 is 1.45 bits per heavy atom. The van der Waals surface area contributed by atoms with Crippen LogP contribution in [0.25, 0.3) is 0 Å². The smallest absolute Gasteiger partial charge is 0.191 e. The first-order chi connectivity index (χ1) is 9.83. The van der Waals surface area contributed by atoms with Crippen LogP contribution >= 0.6 is 0 Å². The van der Waals surface area contributed by atoms with Crippen molar-refractivity contribution in [3.05, 3.63) is 30.1 Å². The lowest BCUT2D eigenvalue weighted by Gasteiger charge is -2.23. The van der Waals surface area contributed by atoms with Crippen LogP contribution in [0.3, 0.4) is 0 Å². The second-order valence-corrected chi connectivity index (χ2v) is 5.05. The lowest BCUT2D eigenvalue weighted by molar-refractivity contribution is 0.267. The first-order valence-electron chi connectivity index (χ1n) is 7.42.